The highest BCUT2D eigenvalue weighted by Gasteiger charge is 2.13. The zero-order chi connectivity index (χ0) is 11.5. The topological polar surface area (TPSA) is 51.8 Å². The number of hydrogen-bond acceptors (Lipinski definition) is 3. The van der Waals surface area contributed by atoms with Crippen molar-refractivity contribution >= 4 is 0 Å². The lowest BCUT2D eigenvalue weighted by Gasteiger charge is -2.04. The van der Waals surface area contributed by atoms with E-state index in [0.717, 1.165) is 12.1 Å². The van der Waals surface area contributed by atoms with Gasteiger partial charge in [0.15, 0.2) is 5.82 Å². The number of nitrogens with zero attached hydrogens (tertiary/aromatic N) is 2. The maximum atomic E-state index is 13.4. The van der Waals surface area contributed by atoms with Crippen molar-refractivity contribution in [2.45, 2.75) is 6.54 Å². The third-order valence-electron chi connectivity index (χ3n) is 2.11. The minimum absolute atomic E-state index is 0.0125. The van der Waals surface area contributed by atoms with Gasteiger partial charge in [0.05, 0.1) is 11.3 Å². The molecule has 3 nitrogen and oxygen atoms in total. The molecule has 0 fully saturated rings. The Labute approximate surface area is 91.0 Å². The Kier molecular flexibility index (Phi) is 2.87. The van der Waals surface area contributed by atoms with Crippen molar-refractivity contribution < 1.29 is 8.78 Å². The Hall–Kier alpha value is -1.88. The monoisotopic (exact) mass is 221 g/mol. The van der Waals surface area contributed by atoms with E-state index in [1.807, 2.05) is 0 Å². The molecule has 0 atom stereocenters. The van der Waals surface area contributed by atoms with Gasteiger partial charge in [0.2, 0.25) is 0 Å². The average Bonchev–Trinajstić information content (AvgIpc) is 2.29. The number of benzene rings is 1. The van der Waals surface area contributed by atoms with Gasteiger partial charge in [-0.2, -0.15) is 0 Å². The smallest absolute Gasteiger partial charge is 0.165 e. The predicted molar refractivity (Wildman–Crippen MR) is 55.3 cm³/mol. The van der Waals surface area contributed by atoms with E-state index in [1.54, 1.807) is 6.07 Å². The van der Waals surface area contributed by atoms with Gasteiger partial charge in [0.25, 0.3) is 0 Å². The van der Waals surface area contributed by atoms with Gasteiger partial charge in [-0.1, -0.05) is 6.07 Å². The number of hydrogen-bond donors (Lipinski definition) is 1. The first-order valence-corrected chi connectivity index (χ1v) is 4.68. The molecule has 0 aliphatic carbocycles. The highest BCUT2D eigenvalue weighted by Crippen LogP contribution is 2.22. The van der Waals surface area contributed by atoms with Crippen LogP contribution in [0.1, 0.15) is 5.69 Å². The summed E-state index contributed by atoms with van der Waals surface area (Å²) in [7, 11) is 0. The Morgan fingerprint density at radius 1 is 1.12 bits per heavy atom. The Bertz CT molecular complexity index is 494. The lowest BCUT2D eigenvalue weighted by atomic mass is 10.2. The second-order valence-electron chi connectivity index (χ2n) is 3.17. The molecule has 0 saturated heterocycles. The lowest BCUT2D eigenvalue weighted by Crippen LogP contribution is -2.03. The normalized spacial score (nSPS) is 10.4. The molecule has 0 saturated carbocycles. The van der Waals surface area contributed by atoms with Crippen LogP contribution in [0.2, 0.25) is 0 Å². The van der Waals surface area contributed by atoms with Crippen LogP contribution in [-0.2, 0) is 6.54 Å². The molecule has 1 heterocycles. The van der Waals surface area contributed by atoms with Gasteiger partial charge >= 0.3 is 0 Å². The molecular formula is C11H9F2N3. The predicted octanol–water partition coefficient (Wildman–Crippen LogP) is 1.88. The molecule has 5 heteroatoms. The third-order valence-corrected chi connectivity index (χ3v) is 2.11. The van der Waals surface area contributed by atoms with Crippen LogP contribution in [0.4, 0.5) is 8.78 Å². The van der Waals surface area contributed by atoms with E-state index >= 15 is 0 Å². The van der Waals surface area contributed by atoms with E-state index in [9.17, 15) is 8.78 Å². The fraction of sp³-hybridized carbons (Fsp3) is 0.0909. The van der Waals surface area contributed by atoms with Crippen molar-refractivity contribution in [1.82, 2.24) is 9.97 Å². The minimum Gasteiger partial charge on any atom is -0.325 e. The van der Waals surface area contributed by atoms with Crippen LogP contribution >= 0.6 is 0 Å². The number of halogens is 2. The maximum Gasteiger partial charge on any atom is 0.165 e. The SMILES string of the molecule is NCc1ccnc(-c2c(F)cccc2F)n1. The van der Waals surface area contributed by atoms with Crippen LogP contribution in [0.15, 0.2) is 30.5 Å². The fourth-order valence-corrected chi connectivity index (χ4v) is 1.34. The van der Waals surface area contributed by atoms with Crippen molar-refractivity contribution in [1.29, 1.82) is 0 Å². The molecule has 1 aromatic carbocycles. The van der Waals surface area contributed by atoms with E-state index < -0.39 is 11.6 Å². The fourth-order valence-electron chi connectivity index (χ4n) is 1.34. The van der Waals surface area contributed by atoms with E-state index in [1.165, 1.54) is 12.3 Å². The standard InChI is InChI=1S/C11H9F2N3/c12-8-2-1-3-9(13)10(8)11-15-5-4-7(6-14)16-11/h1-5H,6,14H2. The molecule has 0 amide bonds. The molecule has 2 N–H and O–H groups in total. The van der Waals surface area contributed by atoms with Crippen LogP contribution < -0.4 is 5.73 Å². The summed E-state index contributed by atoms with van der Waals surface area (Å²) in [5.41, 5.74) is 5.71. The molecule has 0 bridgehead atoms. The average molecular weight is 221 g/mol. The number of aromatic nitrogens is 2. The molecule has 0 spiro atoms. The van der Waals surface area contributed by atoms with Crippen LogP contribution in [0, 0.1) is 11.6 Å². The molecular weight excluding hydrogens is 212 g/mol. The van der Waals surface area contributed by atoms with Crippen molar-refractivity contribution in [3.05, 3.63) is 47.8 Å². The summed E-state index contributed by atoms with van der Waals surface area (Å²) in [6.07, 6.45) is 1.43. The maximum absolute atomic E-state index is 13.4. The first-order chi connectivity index (χ1) is 7.72. The first-order valence-electron chi connectivity index (χ1n) is 4.68. The Morgan fingerprint density at radius 2 is 1.81 bits per heavy atom. The number of rotatable bonds is 2. The highest BCUT2D eigenvalue weighted by molar-refractivity contribution is 5.56. The van der Waals surface area contributed by atoms with Crippen LogP contribution in [0.5, 0.6) is 0 Å². The summed E-state index contributed by atoms with van der Waals surface area (Å²) in [4.78, 5) is 7.80. The summed E-state index contributed by atoms with van der Waals surface area (Å²) < 4.78 is 26.8. The summed E-state index contributed by atoms with van der Waals surface area (Å²) in [6.45, 7) is 0.200. The van der Waals surface area contributed by atoms with E-state index in [4.69, 9.17) is 5.73 Å². The van der Waals surface area contributed by atoms with Gasteiger partial charge in [-0.15, -0.1) is 0 Å². The van der Waals surface area contributed by atoms with Crippen LogP contribution in [-0.4, -0.2) is 9.97 Å². The van der Waals surface area contributed by atoms with Gasteiger partial charge < -0.3 is 5.73 Å². The minimum atomic E-state index is -0.686. The molecule has 2 aromatic rings. The molecule has 0 aliphatic heterocycles. The van der Waals surface area contributed by atoms with E-state index in [0.29, 0.717) is 5.69 Å². The Morgan fingerprint density at radius 3 is 2.44 bits per heavy atom. The van der Waals surface area contributed by atoms with Crippen LogP contribution in [0.3, 0.4) is 0 Å². The summed E-state index contributed by atoms with van der Waals surface area (Å²) in [5.74, 6) is -1.36. The van der Waals surface area contributed by atoms with Crippen molar-refractivity contribution in [2.24, 2.45) is 5.73 Å². The van der Waals surface area contributed by atoms with Gasteiger partial charge in [-0.3, -0.25) is 0 Å². The largest absolute Gasteiger partial charge is 0.325 e. The summed E-state index contributed by atoms with van der Waals surface area (Å²) >= 11 is 0. The molecule has 1 aromatic heterocycles. The van der Waals surface area contributed by atoms with E-state index in [2.05, 4.69) is 9.97 Å². The second-order valence-corrected chi connectivity index (χ2v) is 3.17. The van der Waals surface area contributed by atoms with Crippen molar-refractivity contribution in [3.63, 3.8) is 0 Å². The lowest BCUT2D eigenvalue weighted by molar-refractivity contribution is 0.587. The van der Waals surface area contributed by atoms with Gasteiger partial charge in [-0.05, 0) is 18.2 Å². The molecule has 0 radical (unpaired) electrons. The zero-order valence-electron chi connectivity index (χ0n) is 8.32. The molecule has 16 heavy (non-hydrogen) atoms. The summed E-state index contributed by atoms with van der Waals surface area (Å²) in [6, 6.07) is 5.22. The molecule has 2 rings (SSSR count). The van der Waals surface area contributed by atoms with Gasteiger partial charge in [0, 0.05) is 12.7 Å². The van der Waals surface area contributed by atoms with E-state index in [-0.39, 0.29) is 17.9 Å². The number of nitrogens with two attached hydrogens (primary N) is 1. The molecule has 0 unspecified atom stereocenters. The molecule has 0 aliphatic rings. The zero-order valence-corrected chi connectivity index (χ0v) is 8.32. The van der Waals surface area contributed by atoms with Gasteiger partial charge in [-0.25, -0.2) is 18.7 Å². The second kappa shape index (κ2) is 4.32. The highest BCUT2D eigenvalue weighted by atomic mass is 19.1. The van der Waals surface area contributed by atoms with Crippen molar-refractivity contribution in [2.75, 3.05) is 0 Å². The third kappa shape index (κ3) is 1.90. The van der Waals surface area contributed by atoms with Crippen LogP contribution in [0.25, 0.3) is 11.4 Å². The van der Waals surface area contributed by atoms with Crippen molar-refractivity contribution in [3.8, 4) is 11.4 Å². The first kappa shape index (κ1) is 10.6. The quantitative estimate of drug-likeness (QED) is 0.842. The van der Waals surface area contributed by atoms with Gasteiger partial charge in [0.1, 0.15) is 11.6 Å². The summed E-state index contributed by atoms with van der Waals surface area (Å²) in [5, 5.41) is 0. The Balaban J connectivity index is 2.58. The molecule has 82 valence electrons.